The van der Waals surface area contributed by atoms with Crippen molar-refractivity contribution in [3.63, 3.8) is 0 Å². The van der Waals surface area contributed by atoms with E-state index in [-0.39, 0.29) is 23.1 Å². The molecule has 1 fully saturated rings. The van der Waals surface area contributed by atoms with E-state index in [9.17, 15) is 9.59 Å². The minimum Gasteiger partial charge on any atom is -0.465 e. The van der Waals surface area contributed by atoms with Gasteiger partial charge in [0.05, 0.1) is 36.5 Å². The lowest BCUT2D eigenvalue weighted by Crippen LogP contribution is -2.41. The van der Waals surface area contributed by atoms with Crippen LogP contribution in [0, 0.1) is 3.57 Å². The summed E-state index contributed by atoms with van der Waals surface area (Å²) in [5, 5.41) is 24.1. The largest absolute Gasteiger partial charge is 0.494 e. The lowest BCUT2D eigenvalue weighted by atomic mass is 9.78. The molecule has 0 saturated carbocycles. The Kier molecular flexibility index (Phi) is 13.4. The first-order valence-electron chi connectivity index (χ1n) is 29.4. The minimum atomic E-state index is -0.411. The predicted octanol–water partition coefficient (Wildman–Crippen LogP) is 20.2. The molecule has 8 nitrogen and oxygen atoms in total. The summed E-state index contributed by atoms with van der Waals surface area (Å²) in [5.41, 5.74) is 6.61. The van der Waals surface area contributed by atoms with Gasteiger partial charge in [0, 0.05) is 25.1 Å². The van der Waals surface area contributed by atoms with Gasteiger partial charge in [-0.1, -0.05) is 170 Å². The number of benzene rings is 14. The number of halogens is 1. The van der Waals surface area contributed by atoms with Crippen LogP contribution in [0.5, 0.6) is 0 Å². The molecule has 0 unspecified atom stereocenters. The second-order valence-corrected chi connectivity index (χ2v) is 24.7. The molecule has 426 valence electrons. The molecule has 0 atom stereocenters. The number of hydrogen-bond acceptors (Lipinski definition) is 8. The zero-order valence-electron chi connectivity index (χ0n) is 49.2. The van der Waals surface area contributed by atoms with Crippen LogP contribution in [-0.4, -0.2) is 44.5 Å². The van der Waals surface area contributed by atoms with Crippen molar-refractivity contribution < 1.29 is 37.2 Å². The van der Waals surface area contributed by atoms with Crippen molar-refractivity contribution in [3.05, 3.63) is 245 Å². The van der Waals surface area contributed by atoms with Gasteiger partial charge in [0.15, 0.2) is 0 Å². The van der Waals surface area contributed by atoms with Gasteiger partial charge in [0.25, 0.3) is 0 Å². The topological polar surface area (TPSA) is 97.3 Å². The molecule has 1 aliphatic heterocycles. The van der Waals surface area contributed by atoms with E-state index in [1.54, 1.807) is 12.1 Å². The summed E-state index contributed by atoms with van der Waals surface area (Å²) in [6.07, 6.45) is 0. The van der Waals surface area contributed by atoms with Gasteiger partial charge in [0.1, 0.15) is 22.3 Å². The van der Waals surface area contributed by atoms with Crippen molar-refractivity contribution in [2.24, 2.45) is 0 Å². The van der Waals surface area contributed by atoms with Gasteiger partial charge in [-0.05, 0) is 214 Å². The van der Waals surface area contributed by atoms with Gasteiger partial charge in [-0.15, -0.1) is 0 Å². The van der Waals surface area contributed by atoms with E-state index in [1.807, 2.05) is 54.6 Å². The molecule has 1 saturated heterocycles. The molecule has 16 aromatic rings. The van der Waals surface area contributed by atoms with Crippen molar-refractivity contribution in [3.8, 4) is 11.1 Å². The highest BCUT2D eigenvalue weighted by atomic mass is 127. The number of esters is 2. The van der Waals surface area contributed by atoms with E-state index in [2.05, 4.69) is 219 Å². The lowest BCUT2D eigenvalue weighted by molar-refractivity contribution is 0.00578. The molecule has 14 aromatic carbocycles. The summed E-state index contributed by atoms with van der Waals surface area (Å²) in [4.78, 5) is 23.5. The molecule has 3 heterocycles. The van der Waals surface area contributed by atoms with Crippen LogP contribution in [0.15, 0.2) is 239 Å². The van der Waals surface area contributed by atoms with E-state index in [4.69, 9.17) is 22.9 Å². The normalized spacial score (nSPS) is 13.8. The molecule has 0 N–H and O–H groups in total. The minimum absolute atomic E-state index is 0.282. The average Bonchev–Trinajstić information content (AvgIpc) is 1.16. The van der Waals surface area contributed by atoms with Gasteiger partial charge >= 0.3 is 19.1 Å². The third-order valence-electron chi connectivity index (χ3n) is 18.1. The molecule has 0 aliphatic carbocycles. The fraction of sp³-hybridized carbons (Fsp3) is 0.103. The number of rotatable bonds is 4. The van der Waals surface area contributed by atoms with Crippen LogP contribution in [-0.2, 0) is 18.8 Å². The Balaban J connectivity index is 0.000000126. The van der Waals surface area contributed by atoms with Gasteiger partial charge in [0.2, 0.25) is 0 Å². The summed E-state index contributed by atoms with van der Waals surface area (Å²) in [5.74, 6) is -0.630. The van der Waals surface area contributed by atoms with E-state index >= 15 is 0 Å². The Morgan fingerprint density at radius 2 is 0.773 bits per heavy atom. The van der Waals surface area contributed by atoms with Crippen molar-refractivity contribution >= 4 is 177 Å². The Morgan fingerprint density at radius 3 is 1.31 bits per heavy atom. The van der Waals surface area contributed by atoms with Crippen LogP contribution in [0.25, 0.3) is 141 Å². The second kappa shape index (κ2) is 21.4. The molecule has 1 aliphatic rings. The number of hydrogen-bond donors (Lipinski definition) is 0. The molecule has 88 heavy (non-hydrogen) atoms. The maximum absolute atomic E-state index is 12.5. The fourth-order valence-electron chi connectivity index (χ4n) is 13.1. The third kappa shape index (κ3) is 9.03. The van der Waals surface area contributed by atoms with Gasteiger partial charge in [-0.25, -0.2) is 9.59 Å². The summed E-state index contributed by atoms with van der Waals surface area (Å²) in [6.45, 7) is 8.35. The van der Waals surface area contributed by atoms with E-state index in [1.165, 1.54) is 100 Å². The van der Waals surface area contributed by atoms with Gasteiger partial charge in [-0.3, -0.25) is 0 Å². The fourth-order valence-corrected chi connectivity index (χ4v) is 13.7. The smallest absolute Gasteiger partial charge is 0.465 e. The predicted molar refractivity (Wildman–Crippen MR) is 370 cm³/mol. The summed E-state index contributed by atoms with van der Waals surface area (Å²) in [6, 6.07) is 79.8. The summed E-state index contributed by atoms with van der Waals surface area (Å²) < 4.78 is 36.0. The van der Waals surface area contributed by atoms with E-state index in [0.717, 1.165) is 64.0 Å². The summed E-state index contributed by atoms with van der Waals surface area (Å²) in [7, 11) is 2.38. The first kappa shape index (κ1) is 55.0. The zero-order valence-corrected chi connectivity index (χ0v) is 51.3. The maximum atomic E-state index is 12.5. The number of furan rings is 2. The van der Waals surface area contributed by atoms with Crippen LogP contribution < -0.4 is 5.46 Å². The molecule has 0 spiro atoms. The van der Waals surface area contributed by atoms with Crippen LogP contribution >= 0.6 is 22.6 Å². The Labute approximate surface area is 520 Å². The number of methoxy groups -OCH3 is 2. The van der Waals surface area contributed by atoms with Crippen molar-refractivity contribution in [1.82, 2.24) is 0 Å². The Bertz CT molecular complexity index is 5570. The molecule has 0 radical (unpaired) electrons. The highest BCUT2D eigenvalue weighted by Crippen LogP contribution is 2.45. The number of carbonyl (C=O) groups is 2. The molecular formula is C78H56BIO8. The molecule has 0 bridgehead atoms. The number of ether oxygens (including phenoxy) is 2. The van der Waals surface area contributed by atoms with Gasteiger partial charge < -0.3 is 27.6 Å². The standard InChI is InChI=1S/C36H22O3.C34H27BO3.C8H7IO2/c1-38-36(37)28-13-7-4-9-23(28)22-15-17-33-31(18-22)32-19-29-27-16-14-21-8-2-3-10-24(21)35(27)26-12-6-5-11-25(26)30(29)20-34(32)39-33;1-33(2)34(3,4)38-35(37-33)21-14-16-30-28(17-21)29-18-26-25-15-13-20-9-5-6-10-22(20)32(25)24-12-8-7-11-23(24)27(26)19-31(29)36-30;1-11-8(10)6-4-2-3-5-7(6)9/h2-20H,1H3;5-19H,1-4H3;2-5H,1H3. The highest BCUT2D eigenvalue weighted by Gasteiger charge is 2.51. The summed E-state index contributed by atoms with van der Waals surface area (Å²) >= 11 is 2.10. The monoisotopic (exact) mass is 1260 g/mol. The maximum Gasteiger partial charge on any atom is 0.494 e. The highest BCUT2D eigenvalue weighted by molar-refractivity contribution is 14.1. The second-order valence-electron chi connectivity index (χ2n) is 23.6. The number of carbonyl (C=O) groups excluding carboxylic acids is 2. The first-order chi connectivity index (χ1) is 42.8. The number of fused-ring (bicyclic) bond motifs is 22. The molecular weight excluding hydrogens is 1200 g/mol. The average molecular weight is 1260 g/mol. The Hall–Kier alpha value is -9.59. The SMILES string of the molecule is CC1(C)OB(c2ccc3oc4cc5c6ccccc6c6c7ccccc7ccc6c5cc4c3c2)OC1(C)C.COC(=O)c1ccccc1-c1ccc2oc3cc4c5ccccc5c5c6ccccc6ccc5c4cc3c2c1.COC(=O)c1ccccc1I. The molecule has 2 aromatic heterocycles. The van der Waals surface area contributed by atoms with Crippen LogP contribution in [0.2, 0.25) is 0 Å². The molecule has 17 rings (SSSR count). The van der Waals surface area contributed by atoms with E-state index < -0.39 is 7.12 Å². The zero-order chi connectivity index (χ0) is 60.2. The molecule has 0 amide bonds. The third-order valence-corrected chi connectivity index (χ3v) is 19.0. The molecule has 10 heteroatoms. The van der Waals surface area contributed by atoms with Crippen LogP contribution in [0.4, 0.5) is 0 Å². The first-order valence-corrected chi connectivity index (χ1v) is 30.5. The van der Waals surface area contributed by atoms with Crippen molar-refractivity contribution in [2.45, 2.75) is 38.9 Å². The van der Waals surface area contributed by atoms with Crippen molar-refractivity contribution in [1.29, 1.82) is 0 Å². The van der Waals surface area contributed by atoms with Crippen LogP contribution in [0.3, 0.4) is 0 Å². The van der Waals surface area contributed by atoms with Crippen LogP contribution in [0.1, 0.15) is 48.4 Å². The Morgan fingerprint density at radius 1 is 0.364 bits per heavy atom. The van der Waals surface area contributed by atoms with Crippen molar-refractivity contribution in [2.75, 3.05) is 14.2 Å². The lowest BCUT2D eigenvalue weighted by Gasteiger charge is -2.32. The van der Waals surface area contributed by atoms with E-state index in [0.29, 0.717) is 11.1 Å². The van der Waals surface area contributed by atoms with Gasteiger partial charge in [-0.2, -0.15) is 0 Å². The quantitative estimate of drug-likeness (QED) is 0.0744.